The van der Waals surface area contributed by atoms with Crippen molar-refractivity contribution in [2.24, 2.45) is 0 Å². The Balaban J connectivity index is 1.85. The summed E-state index contributed by atoms with van der Waals surface area (Å²) in [7, 11) is 0. The molecule has 0 fully saturated rings. The number of nitrogens with one attached hydrogen (secondary N) is 1. The van der Waals surface area contributed by atoms with Gasteiger partial charge >= 0.3 is 0 Å². The molecule has 0 heterocycles. The molecule has 27 heavy (non-hydrogen) atoms. The maximum absolute atomic E-state index is 12.0. The van der Waals surface area contributed by atoms with Crippen LogP contribution in [0.5, 0.6) is 17.2 Å². The second-order valence-corrected chi connectivity index (χ2v) is 6.08. The number of benzene rings is 2. The van der Waals surface area contributed by atoms with Crippen molar-refractivity contribution in [2.75, 3.05) is 13.2 Å². The van der Waals surface area contributed by atoms with E-state index in [-0.39, 0.29) is 18.6 Å². The molecule has 6 nitrogen and oxygen atoms in total. The lowest BCUT2D eigenvalue weighted by Gasteiger charge is -2.12. The largest absolute Gasteiger partial charge is 0.491 e. The topological polar surface area (TPSA) is 80.6 Å². The van der Waals surface area contributed by atoms with Gasteiger partial charge in [-0.2, -0.15) is 5.26 Å². The van der Waals surface area contributed by atoms with Gasteiger partial charge in [0.05, 0.1) is 24.3 Å². The van der Waals surface area contributed by atoms with Crippen LogP contribution < -0.4 is 19.5 Å². The van der Waals surface area contributed by atoms with Crippen LogP contribution in [0.2, 0.25) is 0 Å². The fourth-order valence-corrected chi connectivity index (χ4v) is 2.32. The lowest BCUT2D eigenvalue weighted by atomic mass is 10.2. The lowest BCUT2D eigenvalue weighted by molar-refractivity contribution is -0.123. The van der Waals surface area contributed by atoms with E-state index in [0.717, 1.165) is 11.3 Å². The maximum atomic E-state index is 12.0. The van der Waals surface area contributed by atoms with Gasteiger partial charge in [-0.1, -0.05) is 12.1 Å². The molecule has 0 saturated carbocycles. The molecule has 6 heteroatoms. The molecule has 1 N–H and O–H groups in total. The Morgan fingerprint density at radius 1 is 1.11 bits per heavy atom. The van der Waals surface area contributed by atoms with Crippen molar-refractivity contribution in [3.05, 3.63) is 53.6 Å². The Bertz CT molecular complexity index is 795. The van der Waals surface area contributed by atoms with E-state index in [1.165, 1.54) is 0 Å². The van der Waals surface area contributed by atoms with Gasteiger partial charge in [-0.3, -0.25) is 4.79 Å². The quantitative estimate of drug-likeness (QED) is 0.733. The Hall–Kier alpha value is -3.20. The third-order valence-electron chi connectivity index (χ3n) is 3.52. The molecular weight excluding hydrogens is 344 g/mol. The van der Waals surface area contributed by atoms with Gasteiger partial charge in [0.1, 0.15) is 5.75 Å². The van der Waals surface area contributed by atoms with E-state index in [0.29, 0.717) is 30.2 Å². The predicted octanol–water partition coefficient (Wildman–Crippen LogP) is 3.44. The predicted molar refractivity (Wildman–Crippen MR) is 102 cm³/mol. The second kappa shape index (κ2) is 10.1. The minimum absolute atomic E-state index is 0.122. The Morgan fingerprint density at radius 3 is 2.48 bits per heavy atom. The molecule has 0 bridgehead atoms. The number of carbonyl (C=O) groups is 1. The number of nitriles is 1. The standard InChI is InChI=1S/C21H24N2O4/c1-4-25-20-11-17(12-22)7-10-19(20)26-14-21(24)23-13-16-5-8-18(9-6-16)27-15(2)3/h5-11,15H,4,13-14H2,1-3H3,(H,23,24). The van der Waals surface area contributed by atoms with E-state index in [1.807, 2.05) is 51.1 Å². The molecule has 1 amide bonds. The highest BCUT2D eigenvalue weighted by atomic mass is 16.5. The normalized spacial score (nSPS) is 10.2. The van der Waals surface area contributed by atoms with Crippen molar-refractivity contribution < 1.29 is 19.0 Å². The summed E-state index contributed by atoms with van der Waals surface area (Å²) in [6, 6.07) is 14.5. The minimum Gasteiger partial charge on any atom is -0.491 e. The number of rotatable bonds is 9. The van der Waals surface area contributed by atoms with E-state index >= 15 is 0 Å². The summed E-state index contributed by atoms with van der Waals surface area (Å²) in [4.78, 5) is 12.0. The summed E-state index contributed by atoms with van der Waals surface area (Å²) in [5, 5.41) is 11.8. The number of ether oxygens (including phenoxy) is 3. The summed E-state index contributed by atoms with van der Waals surface area (Å²) in [6.07, 6.45) is 0.122. The SMILES string of the molecule is CCOc1cc(C#N)ccc1OCC(=O)NCc1ccc(OC(C)C)cc1. The smallest absolute Gasteiger partial charge is 0.258 e. The van der Waals surface area contributed by atoms with Crippen LogP contribution in [0.3, 0.4) is 0 Å². The van der Waals surface area contributed by atoms with Crippen LogP contribution in [0.4, 0.5) is 0 Å². The molecule has 0 atom stereocenters. The van der Waals surface area contributed by atoms with Crippen molar-refractivity contribution in [1.82, 2.24) is 5.32 Å². The zero-order valence-electron chi connectivity index (χ0n) is 15.8. The van der Waals surface area contributed by atoms with Crippen LogP contribution in [0.15, 0.2) is 42.5 Å². The fraction of sp³-hybridized carbons (Fsp3) is 0.333. The van der Waals surface area contributed by atoms with Gasteiger partial charge in [0.15, 0.2) is 18.1 Å². The number of amides is 1. The molecular formula is C21H24N2O4. The van der Waals surface area contributed by atoms with E-state index in [1.54, 1.807) is 18.2 Å². The monoisotopic (exact) mass is 368 g/mol. The van der Waals surface area contributed by atoms with Crippen molar-refractivity contribution in [1.29, 1.82) is 5.26 Å². The van der Waals surface area contributed by atoms with Crippen LogP contribution in [0, 0.1) is 11.3 Å². The van der Waals surface area contributed by atoms with E-state index in [4.69, 9.17) is 19.5 Å². The molecule has 2 rings (SSSR count). The first-order valence-corrected chi connectivity index (χ1v) is 8.84. The molecule has 2 aromatic carbocycles. The minimum atomic E-state index is -0.246. The molecule has 0 aliphatic rings. The maximum Gasteiger partial charge on any atom is 0.258 e. The number of hydrogen-bond acceptors (Lipinski definition) is 5. The first kappa shape index (κ1) is 20.1. The highest BCUT2D eigenvalue weighted by molar-refractivity contribution is 5.77. The van der Waals surface area contributed by atoms with Crippen LogP contribution in [-0.2, 0) is 11.3 Å². The highest BCUT2D eigenvalue weighted by Crippen LogP contribution is 2.28. The van der Waals surface area contributed by atoms with Gasteiger partial charge in [-0.25, -0.2) is 0 Å². The van der Waals surface area contributed by atoms with Gasteiger partial charge in [-0.05, 0) is 50.6 Å². The zero-order valence-corrected chi connectivity index (χ0v) is 15.8. The average Bonchev–Trinajstić information content (AvgIpc) is 2.66. The highest BCUT2D eigenvalue weighted by Gasteiger charge is 2.09. The molecule has 0 aliphatic heterocycles. The Labute approximate surface area is 159 Å². The van der Waals surface area contributed by atoms with Gasteiger partial charge in [0.25, 0.3) is 5.91 Å². The third-order valence-corrected chi connectivity index (χ3v) is 3.52. The van der Waals surface area contributed by atoms with Crippen molar-refractivity contribution in [2.45, 2.75) is 33.4 Å². The molecule has 0 saturated heterocycles. The van der Waals surface area contributed by atoms with Crippen LogP contribution in [0.1, 0.15) is 31.9 Å². The van der Waals surface area contributed by atoms with Gasteiger partial charge < -0.3 is 19.5 Å². The zero-order chi connectivity index (χ0) is 19.6. The summed E-state index contributed by atoms with van der Waals surface area (Å²) < 4.78 is 16.6. The molecule has 142 valence electrons. The molecule has 2 aromatic rings. The lowest BCUT2D eigenvalue weighted by Crippen LogP contribution is -2.28. The van der Waals surface area contributed by atoms with Gasteiger partial charge in [0, 0.05) is 12.6 Å². The molecule has 0 spiro atoms. The van der Waals surface area contributed by atoms with Crippen LogP contribution in [0.25, 0.3) is 0 Å². The fourth-order valence-electron chi connectivity index (χ4n) is 2.32. The Kier molecular flexibility index (Phi) is 7.50. The molecule has 0 aromatic heterocycles. The van der Waals surface area contributed by atoms with Crippen molar-refractivity contribution in [3.8, 4) is 23.3 Å². The average molecular weight is 368 g/mol. The summed E-state index contributed by atoms with van der Waals surface area (Å²) in [5.41, 5.74) is 1.44. The van der Waals surface area contributed by atoms with Crippen LogP contribution in [-0.4, -0.2) is 25.2 Å². The first-order chi connectivity index (χ1) is 13.0. The van der Waals surface area contributed by atoms with E-state index in [9.17, 15) is 4.79 Å². The number of hydrogen-bond donors (Lipinski definition) is 1. The molecule has 0 unspecified atom stereocenters. The van der Waals surface area contributed by atoms with Crippen molar-refractivity contribution in [3.63, 3.8) is 0 Å². The third kappa shape index (κ3) is 6.55. The Morgan fingerprint density at radius 2 is 1.85 bits per heavy atom. The number of carbonyl (C=O) groups excluding carboxylic acids is 1. The summed E-state index contributed by atoms with van der Waals surface area (Å²) in [5.74, 6) is 1.43. The van der Waals surface area contributed by atoms with Crippen molar-refractivity contribution >= 4 is 5.91 Å². The van der Waals surface area contributed by atoms with E-state index in [2.05, 4.69) is 5.32 Å². The second-order valence-electron chi connectivity index (χ2n) is 6.08. The summed E-state index contributed by atoms with van der Waals surface area (Å²) in [6.45, 7) is 6.48. The van der Waals surface area contributed by atoms with Gasteiger partial charge in [-0.15, -0.1) is 0 Å². The number of nitrogens with zero attached hydrogens (tertiary/aromatic N) is 1. The van der Waals surface area contributed by atoms with E-state index < -0.39 is 0 Å². The van der Waals surface area contributed by atoms with Crippen LogP contribution >= 0.6 is 0 Å². The summed E-state index contributed by atoms with van der Waals surface area (Å²) >= 11 is 0. The molecule has 0 radical (unpaired) electrons. The molecule has 0 aliphatic carbocycles. The first-order valence-electron chi connectivity index (χ1n) is 8.84. The van der Waals surface area contributed by atoms with Gasteiger partial charge in [0.2, 0.25) is 0 Å².